The second kappa shape index (κ2) is 9.25. The summed E-state index contributed by atoms with van der Waals surface area (Å²) in [4.78, 5) is 14.6. The van der Waals surface area contributed by atoms with Gasteiger partial charge in [-0.3, -0.25) is 4.90 Å². The third-order valence-corrected chi connectivity index (χ3v) is 4.38. The molecule has 27 heavy (non-hydrogen) atoms. The van der Waals surface area contributed by atoms with Gasteiger partial charge in [-0.05, 0) is 29.8 Å². The lowest BCUT2D eigenvalue weighted by Crippen LogP contribution is -2.35. The van der Waals surface area contributed by atoms with Gasteiger partial charge in [0.1, 0.15) is 11.5 Å². The fraction of sp³-hybridized carbons (Fsp3) is 0.350. The molecule has 2 N–H and O–H groups in total. The average Bonchev–Trinajstić information content (AvgIpc) is 2.70. The van der Waals surface area contributed by atoms with E-state index in [-0.39, 0.29) is 6.03 Å². The molecule has 0 atom stereocenters. The number of nitrogens with zero attached hydrogens (tertiary/aromatic N) is 1. The lowest BCUT2D eigenvalue weighted by Gasteiger charge is -2.26. The molecule has 7 heteroatoms. The Balaban J connectivity index is 1.56. The summed E-state index contributed by atoms with van der Waals surface area (Å²) in [6, 6.07) is 12.7. The first-order valence-corrected chi connectivity index (χ1v) is 8.87. The standard InChI is InChI=1S/C20H25N3O4/c1-25-17-7-8-18(19(13-17)26-2)22-20(24)21-16-5-3-15(4-6-16)14-23-9-11-27-12-10-23/h3-8,13H,9-12,14H2,1-2H3,(H2,21,22,24). The van der Waals surface area contributed by atoms with Crippen LogP contribution in [0.15, 0.2) is 42.5 Å². The lowest BCUT2D eigenvalue weighted by molar-refractivity contribution is 0.0342. The first-order chi connectivity index (χ1) is 13.2. The van der Waals surface area contributed by atoms with Crippen LogP contribution in [0.5, 0.6) is 11.5 Å². The molecule has 3 rings (SSSR count). The highest BCUT2D eigenvalue weighted by Crippen LogP contribution is 2.29. The Hall–Kier alpha value is -2.77. The van der Waals surface area contributed by atoms with Crippen LogP contribution in [0.4, 0.5) is 16.2 Å². The average molecular weight is 371 g/mol. The smallest absolute Gasteiger partial charge is 0.323 e. The fourth-order valence-electron chi connectivity index (χ4n) is 2.90. The number of methoxy groups -OCH3 is 2. The molecule has 0 unspecified atom stereocenters. The number of carbonyl (C=O) groups is 1. The van der Waals surface area contributed by atoms with Crippen molar-refractivity contribution in [2.24, 2.45) is 0 Å². The van der Waals surface area contributed by atoms with Crippen molar-refractivity contribution in [1.82, 2.24) is 4.90 Å². The quantitative estimate of drug-likeness (QED) is 0.816. The molecule has 2 aromatic rings. The van der Waals surface area contributed by atoms with Gasteiger partial charge in [0, 0.05) is 31.4 Å². The summed E-state index contributed by atoms with van der Waals surface area (Å²) < 4.78 is 15.8. The molecule has 0 bridgehead atoms. The van der Waals surface area contributed by atoms with Crippen LogP contribution in [0.2, 0.25) is 0 Å². The van der Waals surface area contributed by atoms with Crippen LogP contribution in [0.25, 0.3) is 0 Å². The van der Waals surface area contributed by atoms with E-state index in [1.165, 1.54) is 5.56 Å². The number of morpholine rings is 1. The zero-order chi connectivity index (χ0) is 19.1. The van der Waals surface area contributed by atoms with Crippen LogP contribution >= 0.6 is 0 Å². The Morgan fingerprint density at radius 2 is 1.78 bits per heavy atom. The van der Waals surface area contributed by atoms with E-state index >= 15 is 0 Å². The molecule has 2 aromatic carbocycles. The van der Waals surface area contributed by atoms with Gasteiger partial charge in [-0.2, -0.15) is 0 Å². The minimum absolute atomic E-state index is 0.334. The molecule has 0 aromatic heterocycles. The van der Waals surface area contributed by atoms with Crippen LogP contribution < -0.4 is 20.1 Å². The van der Waals surface area contributed by atoms with Gasteiger partial charge in [0.25, 0.3) is 0 Å². The zero-order valence-electron chi connectivity index (χ0n) is 15.7. The molecule has 0 spiro atoms. The maximum Gasteiger partial charge on any atom is 0.323 e. The van der Waals surface area contributed by atoms with Crippen molar-refractivity contribution in [2.75, 3.05) is 51.2 Å². The Morgan fingerprint density at radius 3 is 2.44 bits per heavy atom. The number of benzene rings is 2. The minimum atomic E-state index is -0.334. The first kappa shape index (κ1) is 19.0. The maximum atomic E-state index is 12.3. The number of rotatable bonds is 6. The topological polar surface area (TPSA) is 72.1 Å². The molecule has 1 aliphatic heterocycles. The highest BCUT2D eigenvalue weighted by molar-refractivity contribution is 6.00. The molecular formula is C20H25N3O4. The summed E-state index contributed by atoms with van der Waals surface area (Å²) in [6.07, 6.45) is 0. The van der Waals surface area contributed by atoms with Crippen LogP contribution in [0.3, 0.4) is 0 Å². The third-order valence-electron chi connectivity index (χ3n) is 4.38. The zero-order valence-corrected chi connectivity index (χ0v) is 15.7. The Kier molecular flexibility index (Phi) is 6.51. The molecule has 1 saturated heterocycles. The Labute approximate surface area is 159 Å². The third kappa shape index (κ3) is 5.35. The molecule has 0 radical (unpaired) electrons. The predicted molar refractivity (Wildman–Crippen MR) is 105 cm³/mol. The molecule has 144 valence electrons. The largest absolute Gasteiger partial charge is 0.497 e. The van der Waals surface area contributed by atoms with Gasteiger partial charge in [0.05, 0.1) is 33.1 Å². The number of anilines is 2. The normalized spacial score (nSPS) is 14.4. The summed E-state index contributed by atoms with van der Waals surface area (Å²) >= 11 is 0. The van der Waals surface area contributed by atoms with Crippen LogP contribution in [0, 0.1) is 0 Å². The van der Waals surface area contributed by atoms with Crippen molar-refractivity contribution in [3.05, 3.63) is 48.0 Å². The molecule has 7 nitrogen and oxygen atoms in total. The van der Waals surface area contributed by atoms with E-state index in [4.69, 9.17) is 14.2 Å². The van der Waals surface area contributed by atoms with Gasteiger partial charge < -0.3 is 24.8 Å². The fourth-order valence-corrected chi connectivity index (χ4v) is 2.90. The van der Waals surface area contributed by atoms with E-state index in [9.17, 15) is 4.79 Å². The summed E-state index contributed by atoms with van der Waals surface area (Å²) in [5, 5.41) is 5.62. The van der Waals surface area contributed by atoms with Crippen LogP contribution in [-0.2, 0) is 11.3 Å². The van der Waals surface area contributed by atoms with E-state index in [1.807, 2.05) is 24.3 Å². The molecule has 1 aliphatic rings. The second-order valence-corrected chi connectivity index (χ2v) is 6.23. The van der Waals surface area contributed by atoms with Crippen molar-refractivity contribution in [1.29, 1.82) is 0 Å². The van der Waals surface area contributed by atoms with Gasteiger partial charge in [0.15, 0.2) is 0 Å². The highest BCUT2D eigenvalue weighted by Gasteiger charge is 2.11. The summed E-state index contributed by atoms with van der Waals surface area (Å²) in [6.45, 7) is 4.36. The Bertz CT molecular complexity index is 758. The molecular weight excluding hydrogens is 346 g/mol. The number of nitrogens with one attached hydrogen (secondary N) is 2. The van der Waals surface area contributed by atoms with Crippen molar-refractivity contribution < 1.29 is 19.0 Å². The molecule has 0 aliphatic carbocycles. The molecule has 2 amide bonds. The Morgan fingerprint density at radius 1 is 1.04 bits per heavy atom. The molecule has 1 heterocycles. The summed E-state index contributed by atoms with van der Waals surface area (Å²) in [5.41, 5.74) is 2.50. The number of carbonyl (C=O) groups excluding carboxylic acids is 1. The summed E-state index contributed by atoms with van der Waals surface area (Å²) in [7, 11) is 3.13. The van der Waals surface area contributed by atoms with E-state index in [0.717, 1.165) is 38.5 Å². The van der Waals surface area contributed by atoms with Gasteiger partial charge in [-0.1, -0.05) is 12.1 Å². The highest BCUT2D eigenvalue weighted by atomic mass is 16.5. The van der Waals surface area contributed by atoms with E-state index in [0.29, 0.717) is 17.2 Å². The van der Waals surface area contributed by atoms with Crippen molar-refractivity contribution in [2.45, 2.75) is 6.54 Å². The first-order valence-electron chi connectivity index (χ1n) is 8.87. The van der Waals surface area contributed by atoms with Gasteiger partial charge in [0.2, 0.25) is 0 Å². The van der Waals surface area contributed by atoms with E-state index in [2.05, 4.69) is 15.5 Å². The summed E-state index contributed by atoms with van der Waals surface area (Å²) in [5.74, 6) is 1.19. The molecule has 0 saturated carbocycles. The number of hydrogen-bond donors (Lipinski definition) is 2. The van der Waals surface area contributed by atoms with Gasteiger partial charge in [-0.15, -0.1) is 0 Å². The van der Waals surface area contributed by atoms with Gasteiger partial charge >= 0.3 is 6.03 Å². The minimum Gasteiger partial charge on any atom is -0.497 e. The van der Waals surface area contributed by atoms with Crippen LogP contribution in [-0.4, -0.2) is 51.5 Å². The monoisotopic (exact) mass is 371 g/mol. The lowest BCUT2D eigenvalue weighted by atomic mass is 10.2. The van der Waals surface area contributed by atoms with E-state index < -0.39 is 0 Å². The van der Waals surface area contributed by atoms with Crippen molar-refractivity contribution in [3.63, 3.8) is 0 Å². The number of ether oxygens (including phenoxy) is 3. The number of amides is 2. The molecule has 1 fully saturated rings. The SMILES string of the molecule is COc1ccc(NC(=O)Nc2ccc(CN3CCOCC3)cc2)c(OC)c1. The maximum absolute atomic E-state index is 12.3. The number of hydrogen-bond acceptors (Lipinski definition) is 5. The predicted octanol–water partition coefficient (Wildman–Crippen LogP) is 3.18. The van der Waals surface area contributed by atoms with Crippen LogP contribution in [0.1, 0.15) is 5.56 Å². The van der Waals surface area contributed by atoms with Crippen molar-refractivity contribution in [3.8, 4) is 11.5 Å². The second-order valence-electron chi connectivity index (χ2n) is 6.23. The number of urea groups is 1. The van der Waals surface area contributed by atoms with E-state index in [1.54, 1.807) is 32.4 Å². The van der Waals surface area contributed by atoms with Gasteiger partial charge in [-0.25, -0.2) is 4.79 Å². The van der Waals surface area contributed by atoms with Crippen molar-refractivity contribution >= 4 is 17.4 Å².